The lowest BCUT2D eigenvalue weighted by atomic mass is 10.1. The van der Waals surface area contributed by atoms with Gasteiger partial charge in [-0.2, -0.15) is 0 Å². The minimum atomic E-state index is -0.665. The fraction of sp³-hybridized carbons (Fsp3) is 0.250. The molecule has 0 aliphatic rings. The number of furan rings is 1. The van der Waals surface area contributed by atoms with E-state index in [0.29, 0.717) is 13.0 Å². The van der Waals surface area contributed by atoms with Gasteiger partial charge >= 0.3 is 0 Å². The summed E-state index contributed by atoms with van der Waals surface area (Å²) < 4.78 is 4.96. The molecule has 1 unspecified atom stereocenters. The van der Waals surface area contributed by atoms with Crippen LogP contribution in [0.3, 0.4) is 0 Å². The number of phenolic OH excluding ortho intramolecular Hbond substituents is 1. The molecule has 2 rings (SSSR count). The molecule has 0 saturated heterocycles. The van der Waals surface area contributed by atoms with Crippen LogP contribution < -0.4 is 10.6 Å². The number of carbonyl (C=O) groups excluding carboxylic acids is 2. The molecule has 0 fully saturated rings. The molecular weight excluding hydrogens is 284 g/mol. The topological polar surface area (TPSA) is 91.6 Å². The molecule has 0 aliphatic heterocycles. The Kier molecular flexibility index (Phi) is 5.19. The standard InChI is InChI=1S/C16H18N2O4/c1-11(18-16(21)14-6-3-9-22-14)15(20)17-8-7-12-4-2-5-13(19)10-12/h2-6,9-11,19H,7-8H2,1H3,(H,17,20)(H,18,21). The van der Waals surface area contributed by atoms with E-state index in [1.54, 1.807) is 31.2 Å². The largest absolute Gasteiger partial charge is 0.508 e. The molecule has 1 aromatic carbocycles. The average molecular weight is 302 g/mol. The Balaban J connectivity index is 1.76. The van der Waals surface area contributed by atoms with Crippen molar-refractivity contribution in [2.75, 3.05) is 6.54 Å². The van der Waals surface area contributed by atoms with E-state index in [4.69, 9.17) is 4.42 Å². The summed E-state index contributed by atoms with van der Waals surface area (Å²) in [6, 6.07) is 9.33. The molecule has 1 atom stereocenters. The molecule has 6 nitrogen and oxygen atoms in total. The van der Waals surface area contributed by atoms with E-state index in [0.717, 1.165) is 5.56 Å². The number of phenols is 1. The lowest BCUT2D eigenvalue weighted by molar-refractivity contribution is -0.122. The summed E-state index contributed by atoms with van der Waals surface area (Å²) in [5.41, 5.74) is 0.924. The molecule has 2 amide bonds. The normalized spacial score (nSPS) is 11.7. The van der Waals surface area contributed by atoms with Crippen LogP contribution in [0.5, 0.6) is 5.75 Å². The number of benzene rings is 1. The highest BCUT2D eigenvalue weighted by Gasteiger charge is 2.17. The maximum atomic E-state index is 11.9. The van der Waals surface area contributed by atoms with Crippen LogP contribution in [0.25, 0.3) is 0 Å². The molecule has 6 heteroatoms. The number of hydrogen-bond acceptors (Lipinski definition) is 4. The van der Waals surface area contributed by atoms with Gasteiger partial charge in [-0.15, -0.1) is 0 Å². The van der Waals surface area contributed by atoms with Crippen LogP contribution in [0.2, 0.25) is 0 Å². The second-order valence-corrected chi connectivity index (χ2v) is 4.88. The first-order valence-corrected chi connectivity index (χ1v) is 6.96. The first-order valence-electron chi connectivity index (χ1n) is 6.96. The summed E-state index contributed by atoms with van der Waals surface area (Å²) in [4.78, 5) is 23.6. The molecule has 2 aromatic rings. The summed E-state index contributed by atoms with van der Waals surface area (Å²) in [7, 11) is 0. The van der Waals surface area contributed by atoms with Crippen molar-refractivity contribution in [2.24, 2.45) is 0 Å². The van der Waals surface area contributed by atoms with E-state index in [1.165, 1.54) is 12.3 Å². The summed E-state index contributed by atoms with van der Waals surface area (Å²) in [6.07, 6.45) is 1.99. The lowest BCUT2D eigenvalue weighted by Gasteiger charge is -2.13. The summed E-state index contributed by atoms with van der Waals surface area (Å²) in [5, 5.41) is 14.6. The van der Waals surface area contributed by atoms with Crippen LogP contribution in [-0.4, -0.2) is 29.5 Å². The van der Waals surface area contributed by atoms with Crippen LogP contribution in [-0.2, 0) is 11.2 Å². The zero-order chi connectivity index (χ0) is 15.9. The maximum absolute atomic E-state index is 11.9. The quantitative estimate of drug-likeness (QED) is 0.753. The van der Waals surface area contributed by atoms with Crippen molar-refractivity contribution in [1.29, 1.82) is 0 Å². The first kappa shape index (κ1) is 15.6. The number of nitrogens with one attached hydrogen (secondary N) is 2. The third kappa shape index (κ3) is 4.37. The molecule has 22 heavy (non-hydrogen) atoms. The third-order valence-corrected chi connectivity index (χ3v) is 3.11. The fourth-order valence-electron chi connectivity index (χ4n) is 1.94. The monoisotopic (exact) mass is 302 g/mol. The second kappa shape index (κ2) is 7.31. The van der Waals surface area contributed by atoms with Gasteiger partial charge in [0.05, 0.1) is 6.26 Å². The predicted molar refractivity (Wildman–Crippen MR) is 80.5 cm³/mol. The van der Waals surface area contributed by atoms with Crippen LogP contribution in [0.1, 0.15) is 23.0 Å². The Hall–Kier alpha value is -2.76. The van der Waals surface area contributed by atoms with Gasteiger partial charge in [0.1, 0.15) is 11.8 Å². The van der Waals surface area contributed by atoms with Crippen molar-refractivity contribution in [1.82, 2.24) is 10.6 Å². The lowest BCUT2D eigenvalue weighted by Crippen LogP contribution is -2.45. The van der Waals surface area contributed by atoms with Gasteiger partial charge in [-0.05, 0) is 43.2 Å². The fourth-order valence-corrected chi connectivity index (χ4v) is 1.94. The number of amides is 2. The summed E-state index contributed by atoms with van der Waals surface area (Å²) in [5.74, 6) is -0.344. The molecule has 1 heterocycles. The van der Waals surface area contributed by atoms with Gasteiger partial charge in [0.25, 0.3) is 5.91 Å². The second-order valence-electron chi connectivity index (χ2n) is 4.88. The Morgan fingerprint density at radius 3 is 2.77 bits per heavy atom. The minimum absolute atomic E-state index is 0.166. The Morgan fingerprint density at radius 2 is 2.09 bits per heavy atom. The first-order chi connectivity index (χ1) is 10.6. The highest BCUT2D eigenvalue weighted by molar-refractivity contribution is 5.95. The summed E-state index contributed by atoms with van der Waals surface area (Å²) in [6.45, 7) is 2.02. The summed E-state index contributed by atoms with van der Waals surface area (Å²) >= 11 is 0. The highest BCUT2D eigenvalue weighted by Crippen LogP contribution is 2.10. The molecular formula is C16H18N2O4. The van der Waals surface area contributed by atoms with E-state index in [-0.39, 0.29) is 17.4 Å². The van der Waals surface area contributed by atoms with Crippen LogP contribution >= 0.6 is 0 Å². The average Bonchev–Trinajstić information content (AvgIpc) is 3.01. The zero-order valence-electron chi connectivity index (χ0n) is 12.2. The van der Waals surface area contributed by atoms with Gasteiger partial charge in [0, 0.05) is 6.54 Å². The predicted octanol–water partition coefficient (Wildman–Crippen LogP) is 1.46. The Bertz CT molecular complexity index is 637. The van der Waals surface area contributed by atoms with Crippen molar-refractivity contribution in [3.8, 4) is 5.75 Å². The number of hydrogen-bond donors (Lipinski definition) is 3. The highest BCUT2D eigenvalue weighted by atomic mass is 16.3. The minimum Gasteiger partial charge on any atom is -0.508 e. The van der Waals surface area contributed by atoms with Crippen molar-refractivity contribution >= 4 is 11.8 Å². The SMILES string of the molecule is CC(NC(=O)c1ccco1)C(=O)NCCc1cccc(O)c1. The van der Waals surface area contributed by atoms with Crippen molar-refractivity contribution in [2.45, 2.75) is 19.4 Å². The Morgan fingerprint density at radius 1 is 1.27 bits per heavy atom. The van der Waals surface area contributed by atoms with Crippen molar-refractivity contribution < 1.29 is 19.1 Å². The number of aromatic hydroxyl groups is 1. The molecule has 0 aliphatic carbocycles. The van der Waals surface area contributed by atoms with E-state index >= 15 is 0 Å². The van der Waals surface area contributed by atoms with Gasteiger partial charge in [-0.1, -0.05) is 12.1 Å². The molecule has 0 bridgehead atoms. The van der Waals surface area contributed by atoms with Gasteiger partial charge in [0.2, 0.25) is 5.91 Å². The molecule has 116 valence electrons. The van der Waals surface area contributed by atoms with E-state index in [2.05, 4.69) is 10.6 Å². The molecule has 3 N–H and O–H groups in total. The molecule has 0 saturated carbocycles. The zero-order valence-corrected chi connectivity index (χ0v) is 12.2. The Labute approximate surface area is 128 Å². The third-order valence-electron chi connectivity index (χ3n) is 3.11. The smallest absolute Gasteiger partial charge is 0.287 e. The van der Waals surface area contributed by atoms with E-state index in [9.17, 15) is 14.7 Å². The van der Waals surface area contributed by atoms with Crippen LogP contribution in [0.4, 0.5) is 0 Å². The number of rotatable bonds is 6. The molecule has 1 aromatic heterocycles. The van der Waals surface area contributed by atoms with Gasteiger partial charge in [-0.3, -0.25) is 9.59 Å². The van der Waals surface area contributed by atoms with Crippen LogP contribution in [0, 0.1) is 0 Å². The van der Waals surface area contributed by atoms with Crippen molar-refractivity contribution in [3.05, 3.63) is 54.0 Å². The molecule has 0 spiro atoms. The van der Waals surface area contributed by atoms with Crippen molar-refractivity contribution in [3.63, 3.8) is 0 Å². The van der Waals surface area contributed by atoms with Gasteiger partial charge in [-0.25, -0.2) is 0 Å². The van der Waals surface area contributed by atoms with Gasteiger partial charge < -0.3 is 20.2 Å². The van der Waals surface area contributed by atoms with E-state index < -0.39 is 11.9 Å². The van der Waals surface area contributed by atoms with E-state index in [1.807, 2.05) is 6.07 Å². The molecule has 0 radical (unpaired) electrons. The maximum Gasteiger partial charge on any atom is 0.287 e. The number of carbonyl (C=O) groups is 2. The van der Waals surface area contributed by atoms with Crippen LogP contribution in [0.15, 0.2) is 47.1 Å². The van der Waals surface area contributed by atoms with Gasteiger partial charge in [0.15, 0.2) is 5.76 Å².